The Hall–Kier alpha value is -2.60. The lowest BCUT2D eigenvalue weighted by Crippen LogP contribution is -2.02. The maximum atomic E-state index is 11.9. The number of methoxy groups -OCH3 is 1. The van der Waals surface area contributed by atoms with Gasteiger partial charge in [0.25, 0.3) is 0 Å². The molecule has 1 N–H and O–H groups in total. The first kappa shape index (κ1) is 22.1. The molecule has 0 spiro atoms. The number of nitrogens with zero attached hydrogens (tertiary/aromatic N) is 1. The summed E-state index contributed by atoms with van der Waals surface area (Å²) >= 11 is 3.58. The second-order valence-electron chi connectivity index (χ2n) is 7.28. The Morgan fingerprint density at radius 2 is 1.93 bits per heavy atom. The van der Waals surface area contributed by atoms with Gasteiger partial charge in [0, 0.05) is 10.9 Å². The maximum Gasteiger partial charge on any atom is 0.336 e. The van der Waals surface area contributed by atoms with E-state index < -0.39 is 5.97 Å². The van der Waals surface area contributed by atoms with Crippen molar-refractivity contribution in [1.29, 1.82) is 0 Å². The third kappa shape index (κ3) is 4.93. The molecule has 30 heavy (non-hydrogen) atoms. The zero-order valence-corrected chi connectivity index (χ0v) is 19.1. The number of carbonyl (C=O) groups is 1. The first-order valence-corrected chi connectivity index (χ1v) is 10.9. The quantitative estimate of drug-likeness (QED) is 0.354. The van der Waals surface area contributed by atoms with Crippen molar-refractivity contribution >= 4 is 32.8 Å². The van der Waals surface area contributed by atoms with Crippen LogP contribution in [-0.4, -0.2) is 29.8 Å². The molecule has 3 rings (SSSR count). The minimum atomic E-state index is -0.979. The molecule has 5 nitrogen and oxygen atoms in total. The highest BCUT2D eigenvalue weighted by Crippen LogP contribution is 2.40. The molecule has 0 aliphatic heterocycles. The SMILES string of the molecule is CCCCCCOc1c(Br)cc(-c2cc(C(=O)O)c3cc(C)ccc3n2)cc1OC. The maximum absolute atomic E-state index is 11.9. The molecule has 1 heterocycles. The van der Waals surface area contributed by atoms with Crippen molar-refractivity contribution in [2.45, 2.75) is 39.5 Å². The lowest BCUT2D eigenvalue weighted by molar-refractivity contribution is 0.0699. The highest BCUT2D eigenvalue weighted by molar-refractivity contribution is 9.10. The number of ether oxygens (including phenoxy) is 2. The van der Waals surface area contributed by atoms with Crippen LogP contribution in [0.1, 0.15) is 48.5 Å². The number of carboxylic acid groups (broad SMARTS) is 1. The van der Waals surface area contributed by atoms with Gasteiger partial charge < -0.3 is 14.6 Å². The Bertz CT molecular complexity index is 1060. The summed E-state index contributed by atoms with van der Waals surface area (Å²) in [7, 11) is 1.59. The fourth-order valence-electron chi connectivity index (χ4n) is 3.38. The summed E-state index contributed by atoms with van der Waals surface area (Å²) in [5.74, 6) is 0.248. The van der Waals surface area contributed by atoms with E-state index in [9.17, 15) is 9.90 Å². The molecule has 0 aliphatic rings. The number of pyridine rings is 1. The van der Waals surface area contributed by atoms with E-state index in [1.165, 1.54) is 12.8 Å². The summed E-state index contributed by atoms with van der Waals surface area (Å²) in [6.07, 6.45) is 4.49. The van der Waals surface area contributed by atoms with Gasteiger partial charge in [-0.2, -0.15) is 0 Å². The molecule has 0 aliphatic carbocycles. The fraction of sp³-hybridized carbons (Fsp3) is 0.333. The molecule has 3 aromatic rings. The average molecular weight is 472 g/mol. The van der Waals surface area contributed by atoms with Crippen LogP contribution in [0.2, 0.25) is 0 Å². The van der Waals surface area contributed by atoms with Crippen LogP contribution >= 0.6 is 15.9 Å². The van der Waals surface area contributed by atoms with E-state index in [1.807, 2.05) is 37.3 Å². The van der Waals surface area contributed by atoms with Gasteiger partial charge in [-0.25, -0.2) is 9.78 Å². The summed E-state index contributed by atoms with van der Waals surface area (Å²) in [5.41, 5.74) is 3.18. The standard InChI is InChI=1S/C24H26BrNO4/c1-4-5-6-7-10-30-23-19(25)12-16(13-22(23)29-3)21-14-18(24(27)28)17-11-15(2)8-9-20(17)26-21/h8-9,11-14H,4-7,10H2,1-3H3,(H,27,28). The molecule has 0 saturated heterocycles. The highest BCUT2D eigenvalue weighted by Gasteiger charge is 2.17. The minimum absolute atomic E-state index is 0.227. The topological polar surface area (TPSA) is 68.7 Å². The van der Waals surface area contributed by atoms with Crippen molar-refractivity contribution in [3.8, 4) is 22.8 Å². The Morgan fingerprint density at radius 1 is 1.13 bits per heavy atom. The van der Waals surface area contributed by atoms with E-state index >= 15 is 0 Å². The number of benzene rings is 2. The number of aryl methyl sites for hydroxylation is 1. The second kappa shape index (κ2) is 9.94. The predicted molar refractivity (Wildman–Crippen MR) is 123 cm³/mol. The molecule has 0 saturated carbocycles. The second-order valence-corrected chi connectivity index (χ2v) is 8.13. The Labute approximate surface area is 185 Å². The molecular formula is C24H26BrNO4. The minimum Gasteiger partial charge on any atom is -0.493 e. The number of hydrogen-bond donors (Lipinski definition) is 1. The van der Waals surface area contributed by atoms with Crippen molar-refractivity contribution in [3.63, 3.8) is 0 Å². The van der Waals surface area contributed by atoms with Crippen molar-refractivity contribution in [2.75, 3.05) is 13.7 Å². The molecular weight excluding hydrogens is 446 g/mol. The van der Waals surface area contributed by atoms with Crippen LogP contribution < -0.4 is 9.47 Å². The predicted octanol–water partition coefficient (Wildman–Crippen LogP) is 6.64. The number of unbranched alkanes of at least 4 members (excludes halogenated alkanes) is 3. The fourth-order valence-corrected chi connectivity index (χ4v) is 3.93. The van der Waals surface area contributed by atoms with Gasteiger partial charge in [0.1, 0.15) is 0 Å². The van der Waals surface area contributed by atoms with Gasteiger partial charge in [0.15, 0.2) is 11.5 Å². The van der Waals surface area contributed by atoms with Gasteiger partial charge in [0.2, 0.25) is 0 Å². The normalized spacial score (nSPS) is 10.9. The zero-order chi connectivity index (χ0) is 21.7. The van der Waals surface area contributed by atoms with Gasteiger partial charge in [-0.1, -0.05) is 37.8 Å². The highest BCUT2D eigenvalue weighted by atomic mass is 79.9. The Morgan fingerprint density at radius 3 is 2.63 bits per heavy atom. The summed E-state index contributed by atoms with van der Waals surface area (Å²) in [4.78, 5) is 16.6. The summed E-state index contributed by atoms with van der Waals surface area (Å²) in [5, 5.41) is 10.4. The van der Waals surface area contributed by atoms with Crippen LogP contribution in [0.15, 0.2) is 40.9 Å². The number of hydrogen-bond acceptors (Lipinski definition) is 4. The molecule has 0 radical (unpaired) electrons. The first-order valence-electron chi connectivity index (χ1n) is 10.1. The number of aromatic carboxylic acids is 1. The van der Waals surface area contributed by atoms with Crippen molar-refractivity contribution in [2.24, 2.45) is 0 Å². The Balaban J connectivity index is 1.99. The molecule has 0 fully saturated rings. The zero-order valence-electron chi connectivity index (χ0n) is 17.5. The smallest absolute Gasteiger partial charge is 0.336 e. The first-order chi connectivity index (χ1) is 14.4. The van der Waals surface area contributed by atoms with Crippen LogP contribution in [0.3, 0.4) is 0 Å². The van der Waals surface area contributed by atoms with E-state index in [1.54, 1.807) is 13.2 Å². The molecule has 158 valence electrons. The van der Waals surface area contributed by atoms with Gasteiger partial charge in [-0.05, 0) is 59.6 Å². The van der Waals surface area contributed by atoms with E-state index in [-0.39, 0.29) is 5.56 Å². The van der Waals surface area contributed by atoms with Crippen molar-refractivity contribution in [1.82, 2.24) is 4.98 Å². The van der Waals surface area contributed by atoms with Gasteiger partial charge in [-0.3, -0.25) is 0 Å². The van der Waals surface area contributed by atoms with Crippen LogP contribution in [0.5, 0.6) is 11.5 Å². The third-order valence-corrected chi connectivity index (χ3v) is 5.55. The monoisotopic (exact) mass is 471 g/mol. The molecule has 6 heteroatoms. The van der Waals surface area contributed by atoms with Crippen LogP contribution in [0.4, 0.5) is 0 Å². The van der Waals surface area contributed by atoms with Crippen molar-refractivity contribution in [3.05, 3.63) is 52.0 Å². The van der Waals surface area contributed by atoms with Gasteiger partial charge in [-0.15, -0.1) is 0 Å². The van der Waals surface area contributed by atoms with Crippen LogP contribution in [0.25, 0.3) is 22.2 Å². The molecule has 0 bridgehead atoms. The van der Waals surface area contributed by atoms with E-state index in [0.29, 0.717) is 34.7 Å². The summed E-state index contributed by atoms with van der Waals surface area (Å²) < 4.78 is 12.2. The number of fused-ring (bicyclic) bond motifs is 1. The molecule has 1 aromatic heterocycles. The van der Waals surface area contributed by atoms with E-state index in [2.05, 4.69) is 22.9 Å². The van der Waals surface area contributed by atoms with E-state index in [0.717, 1.165) is 28.4 Å². The number of halogens is 1. The number of carboxylic acids is 1. The van der Waals surface area contributed by atoms with Crippen LogP contribution in [-0.2, 0) is 0 Å². The van der Waals surface area contributed by atoms with Gasteiger partial charge >= 0.3 is 5.97 Å². The molecule has 2 aromatic carbocycles. The Kier molecular flexibility index (Phi) is 7.32. The average Bonchev–Trinajstić information content (AvgIpc) is 2.73. The molecule has 0 unspecified atom stereocenters. The van der Waals surface area contributed by atoms with Crippen LogP contribution in [0, 0.1) is 6.92 Å². The van der Waals surface area contributed by atoms with E-state index in [4.69, 9.17) is 14.5 Å². The third-order valence-electron chi connectivity index (χ3n) is 4.96. The summed E-state index contributed by atoms with van der Waals surface area (Å²) in [6.45, 7) is 4.73. The lowest BCUT2D eigenvalue weighted by atomic mass is 10.0. The molecule has 0 amide bonds. The largest absolute Gasteiger partial charge is 0.493 e. The summed E-state index contributed by atoms with van der Waals surface area (Å²) in [6, 6.07) is 11.0. The number of rotatable bonds is 9. The molecule has 0 atom stereocenters. The lowest BCUT2D eigenvalue weighted by Gasteiger charge is -2.15. The number of aromatic nitrogens is 1. The van der Waals surface area contributed by atoms with Gasteiger partial charge in [0.05, 0.1) is 35.0 Å². The van der Waals surface area contributed by atoms with Crippen molar-refractivity contribution < 1.29 is 19.4 Å².